The second-order valence-electron chi connectivity index (χ2n) is 6.59. The highest BCUT2D eigenvalue weighted by Crippen LogP contribution is 2.60. The first kappa shape index (κ1) is 16.3. The molecule has 0 atom stereocenters. The topological polar surface area (TPSA) is 234 Å². The van der Waals surface area contributed by atoms with Gasteiger partial charge in [0.25, 0.3) is 0 Å². The minimum absolute atomic E-state index is 0.170. The van der Waals surface area contributed by atoms with Crippen LogP contribution in [0.3, 0.4) is 0 Å². The van der Waals surface area contributed by atoms with Crippen molar-refractivity contribution in [1.29, 1.82) is 0 Å². The third-order valence-electron chi connectivity index (χ3n) is 5.35. The standard InChI is InChI=1S/C18H21N9/c1-2-3-10(19)8-6(14(23)11(3)20)4-5(12(8)21)7-9(13(4)22)16(25)18(27)17(26)15(7)24/h2H,1,19-27H2. The van der Waals surface area contributed by atoms with E-state index in [-0.39, 0.29) is 22.7 Å². The van der Waals surface area contributed by atoms with Gasteiger partial charge in [-0.2, -0.15) is 0 Å². The van der Waals surface area contributed by atoms with Crippen molar-refractivity contribution in [3.63, 3.8) is 0 Å². The molecule has 4 rings (SSSR count). The van der Waals surface area contributed by atoms with Gasteiger partial charge in [-0.3, -0.25) is 0 Å². The minimum Gasteiger partial charge on any atom is -0.398 e. The Labute approximate surface area is 155 Å². The van der Waals surface area contributed by atoms with Crippen molar-refractivity contribution in [2.75, 3.05) is 40.1 Å². The number of fused-ring (bicyclic) bond motifs is 5. The lowest BCUT2D eigenvalue weighted by Crippen LogP contribution is -2.12. The van der Waals surface area contributed by atoms with E-state index in [1.807, 2.05) is 0 Å². The number of allylic oxidation sites excluding steroid dienone is 2. The molecule has 0 aliphatic heterocycles. The molecular weight excluding hydrogens is 342 g/mol. The van der Waals surface area contributed by atoms with E-state index in [0.717, 1.165) is 0 Å². The lowest BCUT2D eigenvalue weighted by Gasteiger charge is -2.18. The van der Waals surface area contributed by atoms with E-state index in [1.165, 1.54) is 6.08 Å². The molecule has 0 unspecified atom stereocenters. The molecule has 9 nitrogen and oxygen atoms in total. The van der Waals surface area contributed by atoms with Crippen LogP contribution < -0.4 is 51.6 Å². The zero-order chi connectivity index (χ0) is 19.9. The van der Waals surface area contributed by atoms with Crippen LogP contribution in [0.2, 0.25) is 0 Å². The smallest absolute Gasteiger partial charge is 0.0810 e. The molecule has 0 radical (unpaired) electrons. The van der Waals surface area contributed by atoms with Crippen molar-refractivity contribution in [1.82, 2.24) is 0 Å². The molecule has 18 N–H and O–H groups in total. The molecule has 2 aromatic carbocycles. The highest BCUT2D eigenvalue weighted by atomic mass is 14.8. The molecule has 0 amide bonds. The predicted octanol–water partition coefficient (Wildman–Crippen LogP) is 0.386. The Morgan fingerprint density at radius 2 is 0.815 bits per heavy atom. The van der Waals surface area contributed by atoms with Crippen LogP contribution in [0.1, 0.15) is 27.8 Å². The molecule has 27 heavy (non-hydrogen) atoms. The fourth-order valence-electron chi connectivity index (χ4n) is 4.00. The molecule has 0 aromatic heterocycles. The van der Waals surface area contributed by atoms with Crippen molar-refractivity contribution in [3.05, 3.63) is 34.4 Å². The third-order valence-corrected chi connectivity index (χ3v) is 5.35. The van der Waals surface area contributed by atoms with Gasteiger partial charge < -0.3 is 51.6 Å². The molecule has 0 heterocycles. The van der Waals surface area contributed by atoms with E-state index in [2.05, 4.69) is 6.58 Å². The Morgan fingerprint density at radius 1 is 0.444 bits per heavy atom. The summed E-state index contributed by atoms with van der Waals surface area (Å²) in [5, 5.41) is 0. The zero-order valence-electron chi connectivity index (χ0n) is 14.5. The summed E-state index contributed by atoms with van der Waals surface area (Å²) >= 11 is 0. The summed E-state index contributed by atoms with van der Waals surface area (Å²) < 4.78 is 0. The van der Waals surface area contributed by atoms with Crippen molar-refractivity contribution in [2.24, 2.45) is 11.5 Å². The fraction of sp³-hybridized carbons (Fsp3) is 0. The van der Waals surface area contributed by atoms with Crippen molar-refractivity contribution < 1.29 is 0 Å². The molecular formula is C18H21N9. The monoisotopic (exact) mass is 363 g/mol. The maximum atomic E-state index is 6.47. The molecule has 0 spiro atoms. The molecule has 0 saturated carbocycles. The highest BCUT2D eigenvalue weighted by molar-refractivity contribution is 6.36. The number of anilines is 7. The quantitative estimate of drug-likeness (QED) is 0.318. The van der Waals surface area contributed by atoms with Crippen LogP contribution in [0.15, 0.2) is 6.58 Å². The van der Waals surface area contributed by atoms with Gasteiger partial charge in [0.05, 0.1) is 51.2 Å². The van der Waals surface area contributed by atoms with Crippen LogP contribution in [0.25, 0.3) is 28.6 Å². The van der Waals surface area contributed by atoms with Gasteiger partial charge in [0.2, 0.25) is 0 Å². The van der Waals surface area contributed by atoms with Gasteiger partial charge in [0.1, 0.15) is 0 Å². The zero-order valence-corrected chi connectivity index (χ0v) is 14.5. The average Bonchev–Trinajstić information content (AvgIpc) is 3.10. The van der Waals surface area contributed by atoms with Gasteiger partial charge in [0, 0.05) is 39.0 Å². The average molecular weight is 363 g/mol. The summed E-state index contributed by atoms with van der Waals surface area (Å²) in [4.78, 5) is 0. The Balaban J connectivity index is 2.22. The van der Waals surface area contributed by atoms with Crippen LogP contribution in [0.4, 0.5) is 39.8 Å². The van der Waals surface area contributed by atoms with E-state index in [1.54, 1.807) is 0 Å². The first-order valence-electron chi connectivity index (χ1n) is 8.04. The third kappa shape index (κ3) is 1.58. The second kappa shape index (κ2) is 4.73. The Bertz CT molecular complexity index is 1170. The Hall–Kier alpha value is -4.14. The number of benzene rings is 2. The van der Waals surface area contributed by atoms with E-state index in [0.29, 0.717) is 67.4 Å². The summed E-state index contributed by atoms with van der Waals surface area (Å²) in [6.07, 6.45) is 1.53. The fourth-order valence-corrected chi connectivity index (χ4v) is 4.00. The molecule has 0 saturated heterocycles. The van der Waals surface area contributed by atoms with E-state index in [9.17, 15) is 0 Å². The summed E-state index contributed by atoms with van der Waals surface area (Å²) in [6.45, 7) is 3.74. The maximum absolute atomic E-state index is 6.47. The van der Waals surface area contributed by atoms with Crippen molar-refractivity contribution in [3.8, 4) is 0 Å². The maximum Gasteiger partial charge on any atom is 0.0810 e. The van der Waals surface area contributed by atoms with Crippen molar-refractivity contribution in [2.45, 2.75) is 0 Å². The lowest BCUT2D eigenvalue weighted by molar-refractivity contribution is 1.48. The number of nitrogens with two attached hydrogens (primary N) is 9. The van der Waals surface area contributed by atoms with Crippen LogP contribution in [0, 0.1) is 0 Å². The summed E-state index contributed by atoms with van der Waals surface area (Å²) in [5.74, 6) is 0. The summed E-state index contributed by atoms with van der Waals surface area (Å²) in [7, 11) is 0. The predicted molar refractivity (Wildman–Crippen MR) is 116 cm³/mol. The minimum atomic E-state index is 0.170. The van der Waals surface area contributed by atoms with E-state index < -0.39 is 0 Å². The largest absolute Gasteiger partial charge is 0.398 e. The number of rotatable bonds is 1. The SMILES string of the molecule is C=Cc1c(N)c(N)c2c(c1N)C(N)=C1C2=C(N)c2c(N)c(N)c(N)c(N)c21. The van der Waals surface area contributed by atoms with Gasteiger partial charge in [-0.25, -0.2) is 0 Å². The van der Waals surface area contributed by atoms with Crippen LogP contribution in [-0.4, -0.2) is 0 Å². The summed E-state index contributed by atoms with van der Waals surface area (Å²) in [6, 6.07) is 0. The first-order chi connectivity index (χ1) is 12.6. The van der Waals surface area contributed by atoms with E-state index in [4.69, 9.17) is 51.6 Å². The first-order valence-corrected chi connectivity index (χ1v) is 8.04. The van der Waals surface area contributed by atoms with Crippen LogP contribution in [0.5, 0.6) is 0 Å². The number of hydrogen-bond donors (Lipinski definition) is 9. The molecule has 138 valence electrons. The van der Waals surface area contributed by atoms with Gasteiger partial charge >= 0.3 is 0 Å². The van der Waals surface area contributed by atoms with Gasteiger partial charge in [0.15, 0.2) is 0 Å². The molecule has 2 aromatic rings. The van der Waals surface area contributed by atoms with Gasteiger partial charge in [-0.05, 0) is 0 Å². The summed E-state index contributed by atoms with van der Waals surface area (Å²) in [5.41, 5.74) is 62.4. The number of hydrogen-bond acceptors (Lipinski definition) is 9. The van der Waals surface area contributed by atoms with E-state index >= 15 is 0 Å². The molecule has 2 aliphatic carbocycles. The lowest BCUT2D eigenvalue weighted by atomic mass is 9.94. The normalized spacial score (nSPS) is 14.4. The van der Waals surface area contributed by atoms with Crippen LogP contribution in [-0.2, 0) is 0 Å². The van der Waals surface area contributed by atoms with Gasteiger partial charge in [-0.15, -0.1) is 0 Å². The van der Waals surface area contributed by atoms with Crippen molar-refractivity contribution >= 4 is 68.4 Å². The Kier molecular flexibility index (Phi) is 2.86. The molecule has 0 fully saturated rings. The van der Waals surface area contributed by atoms with Crippen LogP contribution >= 0.6 is 0 Å². The Morgan fingerprint density at radius 3 is 1.26 bits per heavy atom. The second-order valence-corrected chi connectivity index (χ2v) is 6.59. The molecule has 0 bridgehead atoms. The van der Waals surface area contributed by atoms with Gasteiger partial charge in [-0.1, -0.05) is 12.7 Å². The number of nitrogen functional groups attached to an aromatic ring is 7. The molecule has 9 heteroatoms. The molecule has 2 aliphatic rings. The highest BCUT2D eigenvalue weighted by Gasteiger charge is 2.41.